The molecule has 0 saturated carbocycles. The molecule has 3 aromatic rings. The minimum absolute atomic E-state index is 0.172. The number of ether oxygens (including phenoxy) is 1. The van der Waals surface area contributed by atoms with Gasteiger partial charge in [-0.1, -0.05) is 11.3 Å². The number of hydrogen-bond donors (Lipinski definition) is 3. The summed E-state index contributed by atoms with van der Waals surface area (Å²) in [6.45, 7) is 0. The number of urea groups is 1. The zero-order valence-electron chi connectivity index (χ0n) is 11.7. The minimum Gasteiger partial charge on any atom is -0.508 e. The van der Waals surface area contributed by atoms with Crippen LogP contribution in [0.5, 0.6) is 11.5 Å². The Labute approximate surface area is 130 Å². The maximum absolute atomic E-state index is 11.9. The third-order valence-electron chi connectivity index (χ3n) is 2.94. The van der Waals surface area contributed by atoms with Gasteiger partial charge < -0.3 is 15.2 Å². The summed E-state index contributed by atoms with van der Waals surface area (Å²) in [6.07, 6.45) is 0. The molecule has 0 atom stereocenters. The first-order valence-corrected chi connectivity index (χ1v) is 7.27. The van der Waals surface area contributed by atoms with Gasteiger partial charge in [0.05, 0.1) is 17.3 Å². The number of hydrogen-bond acceptors (Lipinski definition) is 5. The summed E-state index contributed by atoms with van der Waals surface area (Å²) in [5, 5.41) is 15.3. The summed E-state index contributed by atoms with van der Waals surface area (Å²) >= 11 is 1.29. The molecular weight excluding hydrogens is 302 g/mol. The number of phenolic OH excluding ortho intramolecular Hbond substituents is 1. The van der Waals surface area contributed by atoms with Gasteiger partial charge in [-0.25, -0.2) is 9.78 Å². The molecule has 112 valence electrons. The molecule has 22 heavy (non-hydrogen) atoms. The molecule has 0 saturated heterocycles. The van der Waals surface area contributed by atoms with Gasteiger partial charge in [0.2, 0.25) is 0 Å². The van der Waals surface area contributed by atoms with Gasteiger partial charge in [0.25, 0.3) is 0 Å². The minimum atomic E-state index is -0.381. The number of fused-ring (bicyclic) bond motifs is 1. The lowest BCUT2D eigenvalue weighted by Crippen LogP contribution is -2.19. The largest absolute Gasteiger partial charge is 0.508 e. The van der Waals surface area contributed by atoms with E-state index < -0.39 is 0 Å². The van der Waals surface area contributed by atoms with Crippen LogP contribution in [-0.4, -0.2) is 23.2 Å². The van der Waals surface area contributed by atoms with Crippen molar-refractivity contribution < 1.29 is 14.6 Å². The van der Waals surface area contributed by atoms with Gasteiger partial charge in [0.15, 0.2) is 5.13 Å². The average molecular weight is 315 g/mol. The number of aromatic hydroxyl groups is 1. The Morgan fingerprint density at radius 2 is 1.95 bits per heavy atom. The van der Waals surface area contributed by atoms with E-state index in [2.05, 4.69) is 15.6 Å². The summed E-state index contributed by atoms with van der Waals surface area (Å²) < 4.78 is 5.86. The second-order valence-electron chi connectivity index (χ2n) is 4.48. The smallest absolute Gasteiger partial charge is 0.325 e. The van der Waals surface area contributed by atoms with Crippen LogP contribution in [0.1, 0.15) is 0 Å². The lowest BCUT2D eigenvalue weighted by molar-refractivity contribution is 0.262. The third kappa shape index (κ3) is 3.09. The topological polar surface area (TPSA) is 83.5 Å². The normalized spacial score (nSPS) is 10.4. The number of carbonyl (C=O) groups excluding carboxylic acids is 1. The average Bonchev–Trinajstić information content (AvgIpc) is 2.89. The van der Waals surface area contributed by atoms with Crippen molar-refractivity contribution in [1.82, 2.24) is 4.98 Å². The van der Waals surface area contributed by atoms with Gasteiger partial charge >= 0.3 is 6.03 Å². The fraction of sp³-hybridized carbons (Fsp3) is 0.0667. The van der Waals surface area contributed by atoms with Crippen molar-refractivity contribution >= 4 is 38.4 Å². The summed E-state index contributed by atoms with van der Waals surface area (Å²) in [6, 6.07) is 11.5. The Balaban J connectivity index is 1.69. The Kier molecular flexibility index (Phi) is 3.80. The third-order valence-corrected chi connectivity index (χ3v) is 3.87. The van der Waals surface area contributed by atoms with Crippen molar-refractivity contribution in [3.63, 3.8) is 0 Å². The summed E-state index contributed by atoms with van der Waals surface area (Å²) in [5.74, 6) is 0.891. The number of nitrogens with one attached hydrogen (secondary N) is 2. The second kappa shape index (κ2) is 5.90. The Morgan fingerprint density at radius 3 is 2.68 bits per heavy atom. The number of thiazole rings is 1. The molecule has 0 aliphatic rings. The van der Waals surface area contributed by atoms with Crippen LogP contribution in [0, 0.1) is 0 Å². The zero-order chi connectivity index (χ0) is 15.5. The number of phenols is 1. The van der Waals surface area contributed by atoms with E-state index in [4.69, 9.17) is 4.74 Å². The number of carbonyl (C=O) groups is 1. The van der Waals surface area contributed by atoms with E-state index in [9.17, 15) is 9.90 Å². The first-order valence-electron chi connectivity index (χ1n) is 6.45. The molecule has 3 rings (SSSR count). The van der Waals surface area contributed by atoms with Crippen molar-refractivity contribution in [3.05, 3.63) is 42.5 Å². The molecule has 0 aliphatic heterocycles. The van der Waals surface area contributed by atoms with Gasteiger partial charge in [0.1, 0.15) is 11.5 Å². The van der Waals surface area contributed by atoms with Crippen LogP contribution in [0.25, 0.3) is 10.2 Å². The maximum Gasteiger partial charge on any atom is 0.325 e. The monoisotopic (exact) mass is 315 g/mol. The highest BCUT2D eigenvalue weighted by Gasteiger charge is 2.08. The van der Waals surface area contributed by atoms with E-state index in [-0.39, 0.29) is 11.8 Å². The van der Waals surface area contributed by atoms with Crippen LogP contribution < -0.4 is 15.4 Å². The molecule has 6 nitrogen and oxygen atoms in total. The van der Waals surface area contributed by atoms with Gasteiger partial charge in [0, 0.05) is 5.69 Å². The van der Waals surface area contributed by atoms with E-state index in [0.717, 1.165) is 16.0 Å². The van der Waals surface area contributed by atoms with E-state index in [1.54, 1.807) is 49.6 Å². The SMILES string of the molecule is COc1ccc(NC(=O)Nc2nc3ccc(O)cc3s2)cc1. The Bertz CT molecular complexity index is 815. The van der Waals surface area contributed by atoms with Crippen LogP contribution >= 0.6 is 11.3 Å². The molecule has 2 amide bonds. The van der Waals surface area contributed by atoms with E-state index >= 15 is 0 Å². The highest BCUT2D eigenvalue weighted by Crippen LogP contribution is 2.28. The molecule has 1 heterocycles. The second-order valence-corrected chi connectivity index (χ2v) is 5.51. The van der Waals surface area contributed by atoms with Crippen molar-refractivity contribution in [3.8, 4) is 11.5 Å². The quantitative estimate of drug-likeness (QED) is 0.689. The number of methoxy groups -OCH3 is 1. The molecule has 7 heteroatoms. The summed E-state index contributed by atoms with van der Waals surface area (Å²) in [4.78, 5) is 16.2. The van der Waals surface area contributed by atoms with Gasteiger partial charge in [-0.05, 0) is 42.5 Å². The summed E-state index contributed by atoms with van der Waals surface area (Å²) in [5.41, 5.74) is 1.37. The molecule has 0 fully saturated rings. The van der Waals surface area contributed by atoms with E-state index in [1.165, 1.54) is 11.3 Å². The van der Waals surface area contributed by atoms with E-state index in [0.29, 0.717) is 10.8 Å². The molecule has 0 spiro atoms. The number of anilines is 2. The van der Waals surface area contributed by atoms with Crippen molar-refractivity contribution in [2.45, 2.75) is 0 Å². The highest BCUT2D eigenvalue weighted by molar-refractivity contribution is 7.22. The molecule has 2 aromatic carbocycles. The predicted octanol–water partition coefficient (Wildman–Crippen LogP) is 3.65. The lowest BCUT2D eigenvalue weighted by atomic mass is 10.3. The van der Waals surface area contributed by atoms with Crippen LogP contribution in [0.4, 0.5) is 15.6 Å². The van der Waals surface area contributed by atoms with Crippen molar-refractivity contribution in [1.29, 1.82) is 0 Å². The molecule has 0 unspecified atom stereocenters. The molecule has 0 radical (unpaired) electrons. The fourth-order valence-corrected chi connectivity index (χ4v) is 2.79. The highest BCUT2D eigenvalue weighted by atomic mass is 32.1. The van der Waals surface area contributed by atoms with Gasteiger partial charge in [-0.2, -0.15) is 0 Å². The summed E-state index contributed by atoms with van der Waals surface area (Å²) in [7, 11) is 1.58. The lowest BCUT2D eigenvalue weighted by Gasteiger charge is -2.06. The Morgan fingerprint density at radius 1 is 1.18 bits per heavy atom. The van der Waals surface area contributed by atoms with E-state index in [1.807, 2.05) is 0 Å². The fourth-order valence-electron chi connectivity index (χ4n) is 1.90. The van der Waals surface area contributed by atoms with Crippen LogP contribution in [-0.2, 0) is 0 Å². The van der Waals surface area contributed by atoms with Crippen LogP contribution in [0.2, 0.25) is 0 Å². The van der Waals surface area contributed by atoms with Gasteiger partial charge in [-0.15, -0.1) is 0 Å². The predicted molar refractivity (Wildman–Crippen MR) is 86.9 cm³/mol. The number of rotatable bonds is 3. The molecule has 0 aliphatic carbocycles. The van der Waals surface area contributed by atoms with Gasteiger partial charge in [-0.3, -0.25) is 5.32 Å². The number of amides is 2. The first-order chi connectivity index (χ1) is 10.6. The Hall–Kier alpha value is -2.80. The van der Waals surface area contributed by atoms with Crippen LogP contribution in [0.3, 0.4) is 0 Å². The first kappa shape index (κ1) is 14.2. The molecule has 1 aromatic heterocycles. The number of aromatic nitrogens is 1. The number of benzene rings is 2. The molecule has 0 bridgehead atoms. The van der Waals surface area contributed by atoms with Crippen LogP contribution in [0.15, 0.2) is 42.5 Å². The number of nitrogens with zero attached hydrogens (tertiary/aromatic N) is 1. The zero-order valence-corrected chi connectivity index (χ0v) is 12.5. The van der Waals surface area contributed by atoms with Crippen molar-refractivity contribution in [2.75, 3.05) is 17.7 Å². The molecule has 3 N–H and O–H groups in total. The van der Waals surface area contributed by atoms with Crippen molar-refractivity contribution in [2.24, 2.45) is 0 Å². The standard InChI is InChI=1S/C15H13N3O3S/c1-21-11-5-2-9(3-6-11)16-14(20)18-15-17-12-7-4-10(19)8-13(12)22-15/h2-8,19H,1H3,(H2,16,17,18,20). The molecular formula is C15H13N3O3S. The maximum atomic E-state index is 11.9.